The lowest BCUT2D eigenvalue weighted by Crippen LogP contribution is -2.26. The summed E-state index contributed by atoms with van der Waals surface area (Å²) in [4.78, 5) is 0.281. The van der Waals surface area contributed by atoms with Gasteiger partial charge in [-0.25, -0.2) is 13.1 Å². The molecule has 0 aliphatic heterocycles. The highest BCUT2D eigenvalue weighted by Gasteiger charge is 2.18. The van der Waals surface area contributed by atoms with Crippen molar-refractivity contribution in [3.8, 4) is 0 Å². The number of nitrogen functional groups attached to an aromatic ring is 1. The van der Waals surface area contributed by atoms with E-state index in [0.29, 0.717) is 23.7 Å². The van der Waals surface area contributed by atoms with Gasteiger partial charge >= 0.3 is 0 Å². The van der Waals surface area contributed by atoms with Gasteiger partial charge in [0, 0.05) is 12.2 Å². The van der Waals surface area contributed by atoms with Gasteiger partial charge in [0.2, 0.25) is 10.0 Å². The SMILES string of the molecule is Cc1cc(N)c(C)c(S(=O)(=O)NCCC(C)C)c1. The third-order valence-corrected chi connectivity index (χ3v) is 4.44. The summed E-state index contributed by atoms with van der Waals surface area (Å²) in [7, 11) is -3.46. The number of rotatable bonds is 5. The van der Waals surface area contributed by atoms with Gasteiger partial charge in [0.05, 0.1) is 4.90 Å². The lowest BCUT2D eigenvalue weighted by Gasteiger charge is -2.12. The monoisotopic (exact) mass is 270 g/mol. The van der Waals surface area contributed by atoms with Gasteiger partial charge in [-0.1, -0.05) is 13.8 Å². The maximum atomic E-state index is 12.2. The van der Waals surface area contributed by atoms with Crippen LogP contribution in [0.15, 0.2) is 17.0 Å². The van der Waals surface area contributed by atoms with Crippen LogP contribution in [0.5, 0.6) is 0 Å². The molecule has 1 aromatic carbocycles. The number of nitrogens with one attached hydrogen (secondary N) is 1. The Balaban J connectivity index is 2.98. The van der Waals surface area contributed by atoms with Crippen LogP contribution in [0.3, 0.4) is 0 Å². The van der Waals surface area contributed by atoms with Gasteiger partial charge in [-0.15, -0.1) is 0 Å². The normalized spacial score (nSPS) is 12.1. The number of aryl methyl sites for hydroxylation is 1. The Bertz CT molecular complexity index is 522. The Hall–Kier alpha value is -1.07. The molecule has 0 aliphatic rings. The third-order valence-electron chi connectivity index (χ3n) is 2.85. The van der Waals surface area contributed by atoms with Gasteiger partial charge in [-0.05, 0) is 49.4 Å². The summed E-state index contributed by atoms with van der Waals surface area (Å²) in [5, 5.41) is 0. The van der Waals surface area contributed by atoms with E-state index in [1.807, 2.05) is 6.92 Å². The predicted octanol–water partition coefficient (Wildman–Crippen LogP) is 2.21. The molecule has 18 heavy (non-hydrogen) atoms. The third kappa shape index (κ3) is 3.71. The summed E-state index contributed by atoms with van der Waals surface area (Å²) in [6.07, 6.45) is 0.819. The van der Waals surface area contributed by atoms with Crippen molar-refractivity contribution in [2.45, 2.75) is 39.0 Å². The van der Waals surface area contributed by atoms with E-state index < -0.39 is 10.0 Å². The minimum Gasteiger partial charge on any atom is -0.398 e. The van der Waals surface area contributed by atoms with Gasteiger partial charge in [-0.2, -0.15) is 0 Å². The Morgan fingerprint density at radius 3 is 2.44 bits per heavy atom. The van der Waals surface area contributed by atoms with E-state index in [2.05, 4.69) is 18.6 Å². The number of benzene rings is 1. The summed E-state index contributed by atoms with van der Waals surface area (Å²) in [6, 6.07) is 3.44. The zero-order valence-electron chi connectivity index (χ0n) is 11.4. The molecule has 0 radical (unpaired) electrons. The highest BCUT2D eigenvalue weighted by Crippen LogP contribution is 2.22. The zero-order valence-corrected chi connectivity index (χ0v) is 12.3. The lowest BCUT2D eigenvalue weighted by atomic mass is 10.1. The molecule has 0 amide bonds. The minimum atomic E-state index is -3.46. The first-order valence-corrected chi connectivity index (χ1v) is 7.58. The van der Waals surface area contributed by atoms with Gasteiger partial charge < -0.3 is 5.73 Å². The second-order valence-electron chi connectivity index (χ2n) is 5.06. The molecule has 0 atom stereocenters. The van der Waals surface area contributed by atoms with Crippen molar-refractivity contribution in [3.63, 3.8) is 0 Å². The molecule has 0 fully saturated rings. The average molecular weight is 270 g/mol. The molecule has 0 saturated carbocycles. The highest BCUT2D eigenvalue weighted by atomic mass is 32.2. The fourth-order valence-electron chi connectivity index (χ4n) is 1.69. The maximum Gasteiger partial charge on any atom is 0.240 e. The van der Waals surface area contributed by atoms with Crippen molar-refractivity contribution in [1.82, 2.24) is 4.72 Å². The predicted molar refractivity (Wildman–Crippen MR) is 75.0 cm³/mol. The van der Waals surface area contributed by atoms with Gasteiger partial charge in [-0.3, -0.25) is 0 Å². The fraction of sp³-hybridized carbons (Fsp3) is 0.538. The molecule has 0 saturated heterocycles. The van der Waals surface area contributed by atoms with E-state index in [9.17, 15) is 8.42 Å². The average Bonchev–Trinajstić information content (AvgIpc) is 2.22. The summed E-state index contributed by atoms with van der Waals surface area (Å²) >= 11 is 0. The van der Waals surface area contributed by atoms with Gasteiger partial charge in [0.15, 0.2) is 0 Å². The maximum absolute atomic E-state index is 12.2. The van der Waals surface area contributed by atoms with Crippen LogP contribution >= 0.6 is 0 Å². The van der Waals surface area contributed by atoms with Crippen molar-refractivity contribution in [1.29, 1.82) is 0 Å². The molecule has 0 spiro atoms. The van der Waals surface area contributed by atoms with Crippen LogP contribution in [0.1, 0.15) is 31.4 Å². The van der Waals surface area contributed by atoms with E-state index in [-0.39, 0.29) is 4.90 Å². The second kappa shape index (κ2) is 5.71. The van der Waals surface area contributed by atoms with Crippen LogP contribution in [0, 0.1) is 19.8 Å². The largest absolute Gasteiger partial charge is 0.398 e. The summed E-state index contributed by atoms with van der Waals surface area (Å²) < 4.78 is 27.0. The molecule has 1 rings (SSSR count). The van der Waals surface area contributed by atoms with Crippen LogP contribution in [0.25, 0.3) is 0 Å². The highest BCUT2D eigenvalue weighted by molar-refractivity contribution is 7.89. The van der Waals surface area contributed by atoms with Crippen molar-refractivity contribution in [2.75, 3.05) is 12.3 Å². The molecule has 0 heterocycles. The van der Waals surface area contributed by atoms with Gasteiger partial charge in [0.25, 0.3) is 0 Å². The summed E-state index contributed by atoms with van der Waals surface area (Å²) in [5.41, 5.74) is 7.77. The van der Waals surface area contributed by atoms with E-state index in [0.717, 1.165) is 12.0 Å². The molecule has 4 nitrogen and oxygen atoms in total. The van der Waals surface area contributed by atoms with Crippen molar-refractivity contribution in [3.05, 3.63) is 23.3 Å². The summed E-state index contributed by atoms with van der Waals surface area (Å²) in [6.45, 7) is 8.14. The second-order valence-corrected chi connectivity index (χ2v) is 6.79. The zero-order chi connectivity index (χ0) is 13.9. The number of sulfonamides is 1. The Morgan fingerprint density at radius 2 is 1.89 bits per heavy atom. The van der Waals surface area contributed by atoms with E-state index in [4.69, 9.17) is 5.73 Å². The number of anilines is 1. The number of nitrogens with two attached hydrogens (primary N) is 1. The molecule has 1 aromatic rings. The first kappa shape index (κ1) is 15.0. The van der Waals surface area contributed by atoms with Crippen LogP contribution in [0.4, 0.5) is 5.69 Å². The topological polar surface area (TPSA) is 72.2 Å². The van der Waals surface area contributed by atoms with Crippen LogP contribution < -0.4 is 10.5 Å². The molecule has 0 unspecified atom stereocenters. The molecule has 0 bridgehead atoms. The number of hydrogen-bond acceptors (Lipinski definition) is 3. The van der Waals surface area contributed by atoms with E-state index in [1.165, 1.54) is 0 Å². The molecule has 0 aromatic heterocycles. The van der Waals surface area contributed by atoms with Crippen molar-refractivity contribution < 1.29 is 8.42 Å². The van der Waals surface area contributed by atoms with Crippen LogP contribution in [-0.2, 0) is 10.0 Å². The lowest BCUT2D eigenvalue weighted by molar-refractivity contribution is 0.551. The molecule has 3 N–H and O–H groups in total. The number of hydrogen-bond donors (Lipinski definition) is 2. The first-order chi connectivity index (χ1) is 8.24. The molecule has 102 valence electrons. The standard InChI is InChI=1S/C13H22N2O2S/c1-9(2)5-6-15-18(16,17)13-8-10(3)7-12(14)11(13)4/h7-9,15H,5-6,14H2,1-4H3. The Morgan fingerprint density at radius 1 is 1.28 bits per heavy atom. The molecular weight excluding hydrogens is 248 g/mol. The Kier molecular flexibility index (Phi) is 4.76. The van der Waals surface area contributed by atoms with Crippen LogP contribution in [-0.4, -0.2) is 15.0 Å². The fourth-order valence-corrected chi connectivity index (χ4v) is 3.10. The molecular formula is C13H22N2O2S. The quantitative estimate of drug-likeness (QED) is 0.806. The smallest absolute Gasteiger partial charge is 0.240 e. The van der Waals surface area contributed by atoms with Crippen molar-refractivity contribution >= 4 is 15.7 Å². The van der Waals surface area contributed by atoms with E-state index in [1.54, 1.807) is 19.1 Å². The molecule has 0 aliphatic carbocycles. The first-order valence-electron chi connectivity index (χ1n) is 6.10. The van der Waals surface area contributed by atoms with Crippen molar-refractivity contribution in [2.24, 2.45) is 5.92 Å². The Labute approximate surface area is 110 Å². The minimum absolute atomic E-state index is 0.281. The van der Waals surface area contributed by atoms with Gasteiger partial charge in [0.1, 0.15) is 0 Å². The molecule has 5 heteroatoms. The van der Waals surface area contributed by atoms with E-state index >= 15 is 0 Å². The summed E-state index contributed by atoms with van der Waals surface area (Å²) in [5.74, 6) is 0.469. The van der Waals surface area contributed by atoms with Crippen LogP contribution in [0.2, 0.25) is 0 Å².